The van der Waals surface area contributed by atoms with E-state index in [9.17, 15) is 12.8 Å². The highest BCUT2D eigenvalue weighted by atomic mass is 32.2. The van der Waals surface area contributed by atoms with E-state index in [2.05, 4.69) is 0 Å². The lowest BCUT2D eigenvalue weighted by Crippen LogP contribution is -2.15. The van der Waals surface area contributed by atoms with Crippen molar-refractivity contribution in [3.05, 3.63) is 35.6 Å². The second-order valence-electron chi connectivity index (χ2n) is 4.49. The molecule has 4 nitrogen and oxygen atoms in total. The number of benzene rings is 1. The summed E-state index contributed by atoms with van der Waals surface area (Å²) in [7, 11) is -3.50. The Morgan fingerprint density at radius 1 is 1.26 bits per heavy atom. The van der Waals surface area contributed by atoms with Gasteiger partial charge in [0, 0.05) is 11.7 Å². The van der Waals surface area contributed by atoms with Crippen molar-refractivity contribution in [1.82, 2.24) is 0 Å². The zero-order chi connectivity index (χ0) is 14.3. The number of sulfone groups is 1. The zero-order valence-corrected chi connectivity index (χ0v) is 11.0. The molecular formula is C13H11FN2O2S. The summed E-state index contributed by atoms with van der Waals surface area (Å²) in [5, 5.41) is 17.3. The molecule has 0 radical (unpaired) electrons. The Kier molecular flexibility index (Phi) is 3.07. The van der Waals surface area contributed by atoms with Gasteiger partial charge in [0.2, 0.25) is 0 Å². The molecule has 0 unspecified atom stereocenters. The van der Waals surface area contributed by atoms with Gasteiger partial charge in [0.1, 0.15) is 11.1 Å². The highest BCUT2D eigenvalue weighted by Crippen LogP contribution is 2.62. The minimum absolute atomic E-state index is 0.125. The summed E-state index contributed by atoms with van der Waals surface area (Å²) in [5.41, 5.74) is -1.04. The lowest BCUT2D eigenvalue weighted by molar-refractivity contribution is 0.592. The van der Waals surface area contributed by atoms with Crippen LogP contribution in [0.3, 0.4) is 0 Å². The van der Waals surface area contributed by atoms with Gasteiger partial charge in [-0.05, 0) is 17.7 Å². The third kappa shape index (κ3) is 1.89. The van der Waals surface area contributed by atoms with Crippen LogP contribution in [-0.4, -0.2) is 19.4 Å². The molecule has 0 heterocycles. The van der Waals surface area contributed by atoms with Crippen molar-refractivity contribution in [3.63, 3.8) is 0 Å². The van der Waals surface area contributed by atoms with E-state index in [-0.39, 0.29) is 5.75 Å². The van der Waals surface area contributed by atoms with E-state index in [1.165, 1.54) is 31.2 Å². The fourth-order valence-electron chi connectivity index (χ4n) is 2.43. The summed E-state index contributed by atoms with van der Waals surface area (Å²) < 4.78 is 36.8. The fraction of sp³-hybridized carbons (Fsp3) is 0.385. The summed E-state index contributed by atoms with van der Waals surface area (Å²) in [6.45, 7) is 1.48. The van der Waals surface area contributed by atoms with Gasteiger partial charge in [-0.1, -0.05) is 19.1 Å². The van der Waals surface area contributed by atoms with Gasteiger partial charge in [-0.2, -0.15) is 10.5 Å². The molecule has 2 rings (SSSR count). The Morgan fingerprint density at radius 3 is 2.21 bits per heavy atom. The highest BCUT2D eigenvalue weighted by molar-refractivity contribution is 7.92. The molecule has 19 heavy (non-hydrogen) atoms. The van der Waals surface area contributed by atoms with Crippen LogP contribution in [0.25, 0.3) is 0 Å². The molecular weight excluding hydrogens is 267 g/mol. The molecule has 0 aromatic heterocycles. The van der Waals surface area contributed by atoms with Crippen LogP contribution >= 0.6 is 0 Å². The molecule has 6 heteroatoms. The van der Waals surface area contributed by atoms with Crippen LogP contribution in [0.15, 0.2) is 24.3 Å². The Labute approximate surface area is 111 Å². The topological polar surface area (TPSA) is 81.7 Å². The zero-order valence-electron chi connectivity index (χ0n) is 10.2. The summed E-state index contributed by atoms with van der Waals surface area (Å²) in [6.07, 6.45) is 0. The van der Waals surface area contributed by atoms with E-state index in [0.717, 1.165) is 0 Å². The average molecular weight is 278 g/mol. The van der Waals surface area contributed by atoms with Crippen molar-refractivity contribution in [3.8, 4) is 12.1 Å². The van der Waals surface area contributed by atoms with Crippen LogP contribution in [0.4, 0.5) is 4.39 Å². The first-order valence-electron chi connectivity index (χ1n) is 5.72. The van der Waals surface area contributed by atoms with Crippen molar-refractivity contribution < 1.29 is 12.8 Å². The first kappa shape index (κ1) is 13.5. The average Bonchev–Trinajstić information content (AvgIpc) is 3.10. The lowest BCUT2D eigenvalue weighted by Gasteiger charge is -1.99. The van der Waals surface area contributed by atoms with E-state index >= 15 is 0 Å². The Bertz CT molecular complexity index is 669. The quantitative estimate of drug-likeness (QED) is 0.843. The third-order valence-electron chi connectivity index (χ3n) is 3.52. The Balaban J connectivity index is 2.50. The standard InChI is InChI=1S/C13H11FN2O2S/c1-2-19(17,18)12-11(13(12,7-15)8-16)9-3-5-10(14)6-4-9/h3-6,11-12H,2H2,1H3/t11-,12-/m1/s1. The minimum Gasteiger partial charge on any atom is -0.228 e. The van der Waals surface area contributed by atoms with Crippen LogP contribution in [0, 0.1) is 33.9 Å². The largest absolute Gasteiger partial charge is 0.228 e. The molecule has 0 saturated heterocycles. The van der Waals surface area contributed by atoms with Crippen LogP contribution in [0.2, 0.25) is 0 Å². The SMILES string of the molecule is CCS(=O)(=O)[C@@H]1[C@@H](c2ccc(F)cc2)C1(C#N)C#N. The van der Waals surface area contributed by atoms with Crippen LogP contribution in [0.1, 0.15) is 18.4 Å². The van der Waals surface area contributed by atoms with Crippen molar-refractivity contribution in [2.75, 3.05) is 5.75 Å². The van der Waals surface area contributed by atoms with E-state index in [1.807, 2.05) is 12.1 Å². The molecule has 1 aromatic carbocycles. The summed E-state index contributed by atoms with van der Waals surface area (Å²) in [5.74, 6) is -1.27. The predicted octanol–water partition coefficient (Wildman–Crippen LogP) is 1.76. The molecule has 1 aliphatic rings. The van der Waals surface area contributed by atoms with Gasteiger partial charge < -0.3 is 0 Å². The molecule has 98 valence electrons. The second-order valence-corrected chi connectivity index (χ2v) is 6.90. The van der Waals surface area contributed by atoms with E-state index in [4.69, 9.17) is 10.5 Å². The van der Waals surface area contributed by atoms with Crippen LogP contribution in [-0.2, 0) is 9.84 Å². The van der Waals surface area contributed by atoms with E-state index < -0.39 is 32.2 Å². The molecule has 1 aromatic rings. The van der Waals surface area contributed by atoms with Gasteiger partial charge in [-0.15, -0.1) is 0 Å². The first-order chi connectivity index (χ1) is 8.93. The highest BCUT2D eigenvalue weighted by Gasteiger charge is 2.72. The van der Waals surface area contributed by atoms with Gasteiger partial charge in [0.15, 0.2) is 15.3 Å². The molecule has 0 amide bonds. The summed E-state index contributed by atoms with van der Waals surface area (Å²) in [4.78, 5) is 0. The van der Waals surface area contributed by atoms with Crippen molar-refractivity contribution in [1.29, 1.82) is 10.5 Å². The summed E-state index contributed by atoms with van der Waals surface area (Å²) >= 11 is 0. The molecule has 0 bridgehead atoms. The van der Waals surface area contributed by atoms with Gasteiger partial charge in [-0.3, -0.25) is 0 Å². The van der Waals surface area contributed by atoms with Gasteiger partial charge in [0.25, 0.3) is 0 Å². The number of rotatable bonds is 3. The molecule has 0 spiro atoms. The monoisotopic (exact) mass is 278 g/mol. The lowest BCUT2D eigenvalue weighted by atomic mass is 10.0. The molecule has 1 aliphatic carbocycles. The Hall–Kier alpha value is -1.92. The smallest absolute Gasteiger partial charge is 0.169 e. The number of nitrogens with zero attached hydrogens (tertiary/aromatic N) is 2. The molecule has 1 saturated carbocycles. The molecule has 0 aliphatic heterocycles. The predicted molar refractivity (Wildman–Crippen MR) is 66.0 cm³/mol. The Morgan fingerprint density at radius 2 is 1.79 bits per heavy atom. The first-order valence-corrected chi connectivity index (χ1v) is 7.44. The van der Waals surface area contributed by atoms with Crippen molar-refractivity contribution in [2.45, 2.75) is 18.1 Å². The van der Waals surface area contributed by atoms with Crippen LogP contribution < -0.4 is 0 Å². The third-order valence-corrected chi connectivity index (χ3v) is 5.74. The molecule has 1 fully saturated rings. The maximum absolute atomic E-state index is 12.9. The number of hydrogen-bond acceptors (Lipinski definition) is 4. The normalized spacial score (nSPS) is 24.2. The number of halogens is 1. The van der Waals surface area contributed by atoms with Crippen LogP contribution in [0.5, 0.6) is 0 Å². The minimum atomic E-state index is -3.50. The van der Waals surface area contributed by atoms with Gasteiger partial charge in [-0.25, -0.2) is 12.8 Å². The van der Waals surface area contributed by atoms with E-state index in [0.29, 0.717) is 5.56 Å². The summed E-state index contributed by atoms with van der Waals surface area (Å²) in [6, 6.07) is 8.89. The molecule has 0 N–H and O–H groups in total. The number of nitriles is 2. The van der Waals surface area contributed by atoms with E-state index in [1.54, 1.807) is 0 Å². The van der Waals surface area contributed by atoms with Crippen molar-refractivity contribution >= 4 is 9.84 Å². The second kappa shape index (κ2) is 4.32. The fourth-order valence-corrected chi connectivity index (χ4v) is 4.31. The van der Waals surface area contributed by atoms with Gasteiger partial charge >= 0.3 is 0 Å². The van der Waals surface area contributed by atoms with Gasteiger partial charge in [0.05, 0.1) is 12.1 Å². The van der Waals surface area contributed by atoms with Crippen molar-refractivity contribution in [2.24, 2.45) is 5.41 Å². The number of hydrogen-bond donors (Lipinski definition) is 0. The maximum atomic E-state index is 12.9. The molecule has 2 atom stereocenters. The maximum Gasteiger partial charge on any atom is 0.169 e.